The minimum atomic E-state index is 0. The molecular formula is C10H19ClN4O. The molecule has 0 atom stereocenters. The van der Waals surface area contributed by atoms with E-state index in [1.807, 2.05) is 0 Å². The zero-order chi connectivity index (χ0) is 10.7. The molecule has 16 heavy (non-hydrogen) atoms. The molecule has 2 rings (SSSR count). The van der Waals surface area contributed by atoms with Gasteiger partial charge in [-0.25, -0.2) is 0 Å². The number of rotatable bonds is 5. The molecule has 92 valence electrons. The fourth-order valence-electron chi connectivity index (χ4n) is 1.61. The van der Waals surface area contributed by atoms with Crippen molar-refractivity contribution in [3.63, 3.8) is 0 Å². The van der Waals surface area contributed by atoms with Crippen LogP contribution in [0.25, 0.3) is 0 Å². The van der Waals surface area contributed by atoms with E-state index in [0.717, 1.165) is 44.2 Å². The number of aryl methyl sites for hydroxylation is 1. The maximum Gasteiger partial charge on any atom is 0.240 e. The predicted molar refractivity (Wildman–Crippen MR) is 63.7 cm³/mol. The molecule has 1 aromatic heterocycles. The first-order chi connectivity index (χ1) is 7.29. The van der Waals surface area contributed by atoms with Gasteiger partial charge in [0.1, 0.15) is 0 Å². The summed E-state index contributed by atoms with van der Waals surface area (Å²) in [6.45, 7) is 4.99. The molecule has 1 aliphatic heterocycles. The summed E-state index contributed by atoms with van der Waals surface area (Å²) in [5, 5.41) is 7.18. The number of likely N-dealkylation sites (N-methyl/N-ethyl adjacent to an activating group) is 1. The molecule has 0 spiro atoms. The highest BCUT2D eigenvalue weighted by Crippen LogP contribution is 2.08. The highest BCUT2D eigenvalue weighted by molar-refractivity contribution is 5.85. The molecule has 0 saturated carbocycles. The second kappa shape index (κ2) is 6.18. The smallest absolute Gasteiger partial charge is 0.240 e. The van der Waals surface area contributed by atoms with E-state index in [1.165, 1.54) is 0 Å². The fourth-order valence-corrected chi connectivity index (χ4v) is 1.61. The lowest BCUT2D eigenvalue weighted by molar-refractivity contribution is 0.155. The Balaban J connectivity index is 0.00000128. The van der Waals surface area contributed by atoms with Crippen LogP contribution in [0.5, 0.6) is 0 Å². The Morgan fingerprint density at radius 1 is 1.50 bits per heavy atom. The standard InChI is InChI=1S/C10H18N4O.ClH/c1-3-4-9-12-10(15-13-9)7-14(2)8-5-11-6-8;/h8,11H,3-7H2,1-2H3;1H. The Kier molecular flexibility index (Phi) is 5.18. The first kappa shape index (κ1) is 13.4. The molecular weight excluding hydrogens is 228 g/mol. The van der Waals surface area contributed by atoms with Crippen LogP contribution in [0.3, 0.4) is 0 Å². The van der Waals surface area contributed by atoms with Crippen LogP contribution in [0.15, 0.2) is 4.52 Å². The Morgan fingerprint density at radius 2 is 2.25 bits per heavy atom. The minimum absolute atomic E-state index is 0. The fraction of sp³-hybridized carbons (Fsp3) is 0.800. The number of nitrogens with one attached hydrogen (secondary N) is 1. The van der Waals surface area contributed by atoms with Crippen LogP contribution in [-0.2, 0) is 13.0 Å². The van der Waals surface area contributed by atoms with Crippen LogP contribution in [0, 0.1) is 0 Å². The topological polar surface area (TPSA) is 54.2 Å². The quantitative estimate of drug-likeness (QED) is 0.835. The average Bonchev–Trinajstić information content (AvgIpc) is 2.49. The molecule has 0 radical (unpaired) electrons. The second-order valence-electron chi connectivity index (χ2n) is 4.08. The van der Waals surface area contributed by atoms with Crippen molar-refractivity contribution in [1.82, 2.24) is 20.4 Å². The van der Waals surface area contributed by atoms with Gasteiger partial charge in [0.25, 0.3) is 0 Å². The molecule has 1 aromatic rings. The first-order valence-corrected chi connectivity index (χ1v) is 5.52. The highest BCUT2D eigenvalue weighted by atomic mass is 35.5. The van der Waals surface area contributed by atoms with Crippen LogP contribution in [-0.4, -0.2) is 41.2 Å². The molecule has 1 saturated heterocycles. The van der Waals surface area contributed by atoms with Gasteiger partial charge in [0.05, 0.1) is 6.54 Å². The van der Waals surface area contributed by atoms with E-state index in [1.54, 1.807) is 0 Å². The first-order valence-electron chi connectivity index (χ1n) is 5.52. The van der Waals surface area contributed by atoms with Gasteiger partial charge >= 0.3 is 0 Å². The number of hydrogen-bond acceptors (Lipinski definition) is 5. The normalized spacial score (nSPS) is 15.9. The maximum atomic E-state index is 5.18. The number of halogens is 1. The van der Waals surface area contributed by atoms with Gasteiger partial charge in [-0.3, -0.25) is 4.90 Å². The van der Waals surface area contributed by atoms with E-state index in [-0.39, 0.29) is 12.4 Å². The molecule has 1 aliphatic rings. The number of aromatic nitrogens is 2. The molecule has 0 aliphatic carbocycles. The lowest BCUT2D eigenvalue weighted by Gasteiger charge is -2.34. The van der Waals surface area contributed by atoms with Gasteiger partial charge in [-0.2, -0.15) is 4.98 Å². The van der Waals surface area contributed by atoms with Gasteiger partial charge < -0.3 is 9.84 Å². The maximum absolute atomic E-state index is 5.18. The molecule has 0 aromatic carbocycles. The van der Waals surface area contributed by atoms with E-state index in [9.17, 15) is 0 Å². The zero-order valence-electron chi connectivity index (χ0n) is 9.77. The third-order valence-corrected chi connectivity index (χ3v) is 2.75. The van der Waals surface area contributed by atoms with Crippen LogP contribution >= 0.6 is 12.4 Å². The predicted octanol–water partition coefficient (Wildman–Crippen LogP) is 0.847. The SMILES string of the molecule is CCCc1noc(CN(C)C2CNC2)n1.Cl. The molecule has 0 bridgehead atoms. The highest BCUT2D eigenvalue weighted by Gasteiger charge is 2.22. The summed E-state index contributed by atoms with van der Waals surface area (Å²) in [6.07, 6.45) is 1.96. The number of hydrogen-bond donors (Lipinski definition) is 1. The van der Waals surface area contributed by atoms with E-state index in [2.05, 4.69) is 34.3 Å². The largest absolute Gasteiger partial charge is 0.338 e. The third kappa shape index (κ3) is 3.17. The summed E-state index contributed by atoms with van der Waals surface area (Å²) in [5.41, 5.74) is 0. The van der Waals surface area contributed by atoms with Crippen LogP contribution in [0.2, 0.25) is 0 Å². The summed E-state index contributed by atoms with van der Waals surface area (Å²) in [7, 11) is 2.09. The van der Waals surface area contributed by atoms with Gasteiger partial charge in [-0.1, -0.05) is 12.1 Å². The van der Waals surface area contributed by atoms with Crippen molar-refractivity contribution in [2.24, 2.45) is 0 Å². The summed E-state index contributed by atoms with van der Waals surface area (Å²) >= 11 is 0. The van der Waals surface area contributed by atoms with Gasteiger partial charge in [0, 0.05) is 25.6 Å². The molecule has 5 nitrogen and oxygen atoms in total. The van der Waals surface area contributed by atoms with Gasteiger partial charge in [-0.05, 0) is 13.5 Å². The average molecular weight is 247 g/mol. The second-order valence-corrected chi connectivity index (χ2v) is 4.08. The molecule has 2 heterocycles. The van der Waals surface area contributed by atoms with Crippen molar-refractivity contribution >= 4 is 12.4 Å². The van der Waals surface area contributed by atoms with Crippen LogP contribution in [0.1, 0.15) is 25.1 Å². The van der Waals surface area contributed by atoms with Crippen molar-refractivity contribution in [2.45, 2.75) is 32.4 Å². The van der Waals surface area contributed by atoms with Crippen molar-refractivity contribution in [2.75, 3.05) is 20.1 Å². The molecule has 0 unspecified atom stereocenters. The van der Waals surface area contributed by atoms with E-state index >= 15 is 0 Å². The Bertz CT molecular complexity index is 314. The Hall–Kier alpha value is -0.650. The summed E-state index contributed by atoms with van der Waals surface area (Å²) in [6, 6.07) is 0.617. The summed E-state index contributed by atoms with van der Waals surface area (Å²) in [5.74, 6) is 1.56. The van der Waals surface area contributed by atoms with Crippen molar-refractivity contribution < 1.29 is 4.52 Å². The zero-order valence-corrected chi connectivity index (χ0v) is 10.6. The number of nitrogens with zero attached hydrogens (tertiary/aromatic N) is 3. The molecule has 6 heteroatoms. The lowest BCUT2D eigenvalue weighted by Crippen LogP contribution is -2.55. The van der Waals surface area contributed by atoms with Gasteiger partial charge in [-0.15, -0.1) is 12.4 Å². The van der Waals surface area contributed by atoms with E-state index in [0.29, 0.717) is 6.04 Å². The van der Waals surface area contributed by atoms with E-state index < -0.39 is 0 Å². The van der Waals surface area contributed by atoms with Crippen molar-refractivity contribution in [3.8, 4) is 0 Å². The minimum Gasteiger partial charge on any atom is -0.338 e. The molecule has 0 amide bonds. The molecule has 1 fully saturated rings. The monoisotopic (exact) mass is 246 g/mol. The summed E-state index contributed by atoms with van der Waals surface area (Å²) in [4.78, 5) is 6.59. The Morgan fingerprint density at radius 3 is 2.81 bits per heavy atom. The molecule has 1 N–H and O–H groups in total. The lowest BCUT2D eigenvalue weighted by atomic mass is 10.1. The van der Waals surface area contributed by atoms with Gasteiger partial charge in [0.2, 0.25) is 5.89 Å². The van der Waals surface area contributed by atoms with Crippen LogP contribution in [0.4, 0.5) is 0 Å². The summed E-state index contributed by atoms with van der Waals surface area (Å²) < 4.78 is 5.18. The van der Waals surface area contributed by atoms with Crippen molar-refractivity contribution in [3.05, 3.63) is 11.7 Å². The van der Waals surface area contributed by atoms with Gasteiger partial charge in [0.15, 0.2) is 5.82 Å². The van der Waals surface area contributed by atoms with Crippen LogP contribution < -0.4 is 5.32 Å². The van der Waals surface area contributed by atoms with E-state index in [4.69, 9.17) is 4.52 Å². The van der Waals surface area contributed by atoms with Crippen molar-refractivity contribution in [1.29, 1.82) is 0 Å². The Labute approximate surface area is 102 Å². The third-order valence-electron chi connectivity index (χ3n) is 2.75.